The minimum atomic E-state index is -0.956. The minimum absolute atomic E-state index is 0.108. The number of ether oxygens (including phenoxy) is 1. The van der Waals surface area contributed by atoms with Gasteiger partial charge in [0.25, 0.3) is 0 Å². The van der Waals surface area contributed by atoms with Gasteiger partial charge in [-0.1, -0.05) is 6.07 Å². The monoisotopic (exact) mass is 318 g/mol. The number of H-pyrrole nitrogens is 1. The van der Waals surface area contributed by atoms with E-state index in [-0.39, 0.29) is 11.6 Å². The van der Waals surface area contributed by atoms with Gasteiger partial charge in [-0.2, -0.15) is 0 Å². The molecule has 0 aliphatic carbocycles. The molecule has 0 bridgehead atoms. The predicted octanol–water partition coefficient (Wildman–Crippen LogP) is 3.32. The Balaban J connectivity index is 2.07. The van der Waals surface area contributed by atoms with Crippen LogP contribution in [0.2, 0.25) is 0 Å². The van der Waals surface area contributed by atoms with E-state index in [0.717, 1.165) is 16.5 Å². The lowest BCUT2D eigenvalue weighted by Crippen LogP contribution is -2.38. The molecule has 0 spiro atoms. The van der Waals surface area contributed by atoms with Crippen LogP contribution in [-0.4, -0.2) is 33.8 Å². The zero-order chi connectivity index (χ0) is 17.2. The van der Waals surface area contributed by atoms with E-state index in [4.69, 9.17) is 9.84 Å². The van der Waals surface area contributed by atoms with Gasteiger partial charge >= 0.3 is 12.1 Å². The van der Waals surface area contributed by atoms with Crippen LogP contribution in [0, 0.1) is 0 Å². The molecule has 2 aromatic rings. The average molecular weight is 318 g/mol. The molecular formula is C17H22N2O4. The van der Waals surface area contributed by atoms with Crippen molar-refractivity contribution in [2.24, 2.45) is 0 Å². The van der Waals surface area contributed by atoms with Crippen molar-refractivity contribution in [3.8, 4) is 0 Å². The first-order valence-corrected chi connectivity index (χ1v) is 7.48. The summed E-state index contributed by atoms with van der Waals surface area (Å²) in [6.45, 7) is 7.35. The van der Waals surface area contributed by atoms with Crippen LogP contribution in [0.4, 0.5) is 4.79 Å². The Kier molecular flexibility index (Phi) is 4.63. The molecule has 124 valence electrons. The summed E-state index contributed by atoms with van der Waals surface area (Å²) >= 11 is 0. The largest absolute Gasteiger partial charge is 0.478 e. The van der Waals surface area contributed by atoms with Gasteiger partial charge in [0.2, 0.25) is 0 Å². The first-order valence-electron chi connectivity index (χ1n) is 7.48. The number of carboxylic acid groups (broad SMARTS) is 1. The van der Waals surface area contributed by atoms with Crippen LogP contribution in [0.25, 0.3) is 10.9 Å². The highest BCUT2D eigenvalue weighted by atomic mass is 16.6. The molecule has 1 amide bonds. The topological polar surface area (TPSA) is 91.4 Å². The summed E-state index contributed by atoms with van der Waals surface area (Å²) in [5.41, 5.74) is 1.49. The van der Waals surface area contributed by atoms with Crippen LogP contribution >= 0.6 is 0 Å². The van der Waals surface area contributed by atoms with Crippen LogP contribution < -0.4 is 5.32 Å². The average Bonchev–Trinajstić information content (AvgIpc) is 2.78. The van der Waals surface area contributed by atoms with Crippen molar-refractivity contribution in [2.45, 2.75) is 45.8 Å². The second-order valence-electron chi connectivity index (χ2n) is 6.63. The number of rotatable bonds is 4. The molecular weight excluding hydrogens is 296 g/mol. The van der Waals surface area contributed by atoms with Gasteiger partial charge in [-0.25, -0.2) is 9.59 Å². The van der Waals surface area contributed by atoms with Crippen molar-refractivity contribution >= 4 is 23.0 Å². The molecule has 6 nitrogen and oxygen atoms in total. The van der Waals surface area contributed by atoms with E-state index in [1.807, 2.05) is 33.9 Å². The van der Waals surface area contributed by atoms with E-state index in [9.17, 15) is 9.59 Å². The normalized spacial score (nSPS) is 12.9. The molecule has 6 heteroatoms. The number of aromatic amines is 1. The molecule has 0 fully saturated rings. The maximum absolute atomic E-state index is 11.8. The van der Waals surface area contributed by atoms with E-state index in [1.165, 1.54) is 0 Å². The molecule has 2 rings (SSSR count). The van der Waals surface area contributed by atoms with Gasteiger partial charge in [-0.15, -0.1) is 0 Å². The SMILES string of the molecule is CC(Cc1c[nH]c2cc(C(=O)O)ccc12)NC(=O)OC(C)(C)C. The van der Waals surface area contributed by atoms with Crippen LogP contribution in [0.15, 0.2) is 24.4 Å². The molecule has 0 radical (unpaired) electrons. The Morgan fingerprint density at radius 1 is 1.35 bits per heavy atom. The maximum Gasteiger partial charge on any atom is 0.407 e. The lowest BCUT2D eigenvalue weighted by Gasteiger charge is -2.21. The number of nitrogens with one attached hydrogen (secondary N) is 2. The number of amides is 1. The minimum Gasteiger partial charge on any atom is -0.478 e. The number of alkyl carbamates (subject to hydrolysis) is 1. The fraction of sp³-hybridized carbons (Fsp3) is 0.412. The van der Waals surface area contributed by atoms with Crippen LogP contribution in [0.5, 0.6) is 0 Å². The molecule has 1 aromatic carbocycles. The zero-order valence-electron chi connectivity index (χ0n) is 13.8. The number of fused-ring (bicyclic) bond motifs is 1. The van der Waals surface area contributed by atoms with Gasteiger partial charge in [-0.05, 0) is 51.8 Å². The smallest absolute Gasteiger partial charge is 0.407 e. The second-order valence-corrected chi connectivity index (χ2v) is 6.63. The van der Waals surface area contributed by atoms with E-state index >= 15 is 0 Å². The maximum atomic E-state index is 11.8. The first kappa shape index (κ1) is 16.9. The number of carbonyl (C=O) groups is 2. The second kappa shape index (κ2) is 6.32. The molecule has 1 heterocycles. The van der Waals surface area contributed by atoms with Crippen molar-refractivity contribution < 1.29 is 19.4 Å². The summed E-state index contributed by atoms with van der Waals surface area (Å²) in [6, 6.07) is 4.86. The fourth-order valence-electron chi connectivity index (χ4n) is 2.38. The highest BCUT2D eigenvalue weighted by Crippen LogP contribution is 2.21. The highest BCUT2D eigenvalue weighted by molar-refractivity contribution is 5.94. The molecule has 1 aromatic heterocycles. The quantitative estimate of drug-likeness (QED) is 0.806. The lowest BCUT2D eigenvalue weighted by atomic mass is 10.0. The van der Waals surface area contributed by atoms with Crippen molar-refractivity contribution in [3.63, 3.8) is 0 Å². The van der Waals surface area contributed by atoms with E-state index in [2.05, 4.69) is 10.3 Å². The molecule has 0 aliphatic heterocycles. The number of aromatic carboxylic acids is 1. The molecule has 1 atom stereocenters. The highest BCUT2D eigenvalue weighted by Gasteiger charge is 2.18. The number of aromatic nitrogens is 1. The zero-order valence-corrected chi connectivity index (χ0v) is 13.8. The Hall–Kier alpha value is -2.50. The summed E-state index contributed by atoms with van der Waals surface area (Å²) < 4.78 is 5.23. The molecule has 0 saturated heterocycles. The molecule has 3 N–H and O–H groups in total. The third kappa shape index (κ3) is 4.48. The standard InChI is InChI=1S/C17H22N2O4/c1-10(19-16(22)23-17(2,3)4)7-12-9-18-14-8-11(15(20)21)5-6-13(12)14/h5-6,8-10,18H,7H2,1-4H3,(H,19,22)(H,20,21). The lowest BCUT2D eigenvalue weighted by molar-refractivity contribution is 0.0508. The fourth-order valence-corrected chi connectivity index (χ4v) is 2.38. The summed E-state index contributed by atoms with van der Waals surface area (Å²) in [7, 11) is 0. The van der Waals surface area contributed by atoms with Gasteiger partial charge in [-0.3, -0.25) is 0 Å². The van der Waals surface area contributed by atoms with Crippen molar-refractivity contribution in [2.75, 3.05) is 0 Å². The first-order chi connectivity index (χ1) is 10.7. The Morgan fingerprint density at radius 3 is 2.65 bits per heavy atom. The van der Waals surface area contributed by atoms with Crippen molar-refractivity contribution in [1.29, 1.82) is 0 Å². The Morgan fingerprint density at radius 2 is 2.04 bits per heavy atom. The number of benzene rings is 1. The summed E-state index contributed by atoms with van der Waals surface area (Å²) in [4.78, 5) is 25.8. The molecule has 0 aliphatic rings. The van der Waals surface area contributed by atoms with Crippen LogP contribution in [0.3, 0.4) is 0 Å². The van der Waals surface area contributed by atoms with Gasteiger partial charge in [0.15, 0.2) is 0 Å². The van der Waals surface area contributed by atoms with Gasteiger partial charge in [0.1, 0.15) is 5.60 Å². The molecule has 23 heavy (non-hydrogen) atoms. The Bertz CT molecular complexity index is 728. The number of hydrogen-bond donors (Lipinski definition) is 3. The number of carboxylic acids is 1. The van der Waals surface area contributed by atoms with Crippen LogP contribution in [-0.2, 0) is 11.2 Å². The predicted molar refractivity (Wildman–Crippen MR) is 87.8 cm³/mol. The summed E-state index contributed by atoms with van der Waals surface area (Å²) in [5.74, 6) is -0.956. The molecule has 1 unspecified atom stereocenters. The summed E-state index contributed by atoms with van der Waals surface area (Å²) in [5, 5.41) is 12.8. The third-order valence-electron chi connectivity index (χ3n) is 3.30. The van der Waals surface area contributed by atoms with Gasteiger partial charge in [0, 0.05) is 23.1 Å². The van der Waals surface area contributed by atoms with E-state index in [0.29, 0.717) is 6.42 Å². The van der Waals surface area contributed by atoms with Crippen molar-refractivity contribution in [3.05, 3.63) is 35.5 Å². The number of hydrogen-bond acceptors (Lipinski definition) is 3. The van der Waals surface area contributed by atoms with Crippen LogP contribution in [0.1, 0.15) is 43.6 Å². The van der Waals surface area contributed by atoms with Gasteiger partial charge < -0.3 is 20.1 Å². The molecule has 0 saturated carbocycles. The summed E-state index contributed by atoms with van der Waals surface area (Å²) in [6.07, 6.45) is 2.01. The number of carbonyl (C=O) groups excluding carboxylic acids is 1. The van der Waals surface area contributed by atoms with E-state index < -0.39 is 17.7 Å². The van der Waals surface area contributed by atoms with E-state index in [1.54, 1.807) is 18.2 Å². The third-order valence-corrected chi connectivity index (χ3v) is 3.30. The van der Waals surface area contributed by atoms with Crippen molar-refractivity contribution in [1.82, 2.24) is 10.3 Å². The Labute approximate surface area is 134 Å². The van der Waals surface area contributed by atoms with Gasteiger partial charge in [0.05, 0.1) is 5.56 Å².